The Kier molecular flexibility index (Phi) is 4.83. The molecule has 13 heavy (non-hydrogen) atoms. The molecular formula is C8H17N3S2. The van der Waals surface area contributed by atoms with Crippen molar-refractivity contribution in [3.63, 3.8) is 0 Å². The van der Waals surface area contributed by atoms with Gasteiger partial charge in [-0.2, -0.15) is 11.8 Å². The van der Waals surface area contributed by atoms with E-state index in [-0.39, 0.29) is 0 Å². The van der Waals surface area contributed by atoms with E-state index in [2.05, 4.69) is 17.0 Å². The lowest BCUT2D eigenvalue weighted by molar-refractivity contribution is 0.421. The van der Waals surface area contributed by atoms with E-state index in [1.807, 2.05) is 11.8 Å². The minimum Gasteiger partial charge on any atom is -0.359 e. The average Bonchev–Trinajstić information content (AvgIpc) is 2.18. The number of hydrazine groups is 1. The number of rotatable bonds is 2. The fourth-order valence-corrected chi connectivity index (χ4v) is 2.71. The quantitative estimate of drug-likeness (QED) is 0.367. The molecule has 1 rings (SSSR count). The zero-order valence-corrected chi connectivity index (χ0v) is 9.51. The topological polar surface area (TPSA) is 50.1 Å². The predicted octanol–water partition coefficient (Wildman–Crippen LogP) is 0.998. The van der Waals surface area contributed by atoms with Crippen LogP contribution in [-0.4, -0.2) is 22.7 Å². The Morgan fingerprint density at radius 1 is 1.54 bits per heavy atom. The van der Waals surface area contributed by atoms with Crippen LogP contribution in [0.15, 0.2) is 0 Å². The van der Waals surface area contributed by atoms with E-state index in [4.69, 9.17) is 18.1 Å². The second-order valence-corrected chi connectivity index (χ2v) is 4.89. The van der Waals surface area contributed by atoms with Crippen LogP contribution < -0.4 is 16.6 Å². The first-order valence-electron chi connectivity index (χ1n) is 4.56. The van der Waals surface area contributed by atoms with E-state index in [0.29, 0.717) is 11.2 Å². The van der Waals surface area contributed by atoms with Gasteiger partial charge in [-0.05, 0) is 37.7 Å². The maximum atomic E-state index is 5.20. The van der Waals surface area contributed by atoms with Crippen LogP contribution in [0.5, 0.6) is 0 Å². The molecule has 0 spiro atoms. The lowest BCUT2D eigenvalue weighted by atomic mass is 9.95. The van der Waals surface area contributed by atoms with Crippen molar-refractivity contribution in [1.29, 1.82) is 0 Å². The van der Waals surface area contributed by atoms with E-state index in [0.717, 1.165) is 5.25 Å². The van der Waals surface area contributed by atoms with Crippen molar-refractivity contribution in [2.75, 3.05) is 6.26 Å². The number of nitrogens with one attached hydrogen (secondary N) is 2. The molecule has 1 aliphatic rings. The third kappa shape index (κ3) is 3.70. The Morgan fingerprint density at radius 3 is 2.92 bits per heavy atom. The summed E-state index contributed by atoms with van der Waals surface area (Å²) in [6.45, 7) is 0. The molecule has 1 saturated carbocycles. The fourth-order valence-electron chi connectivity index (χ4n) is 1.72. The van der Waals surface area contributed by atoms with Crippen LogP contribution in [-0.2, 0) is 0 Å². The van der Waals surface area contributed by atoms with Crippen molar-refractivity contribution in [2.24, 2.45) is 5.84 Å². The molecule has 0 radical (unpaired) electrons. The van der Waals surface area contributed by atoms with Crippen molar-refractivity contribution < 1.29 is 0 Å². The Hall–Kier alpha value is -0.0000000000000000486. The van der Waals surface area contributed by atoms with Crippen LogP contribution >= 0.6 is 24.0 Å². The molecule has 0 aliphatic heterocycles. The largest absolute Gasteiger partial charge is 0.359 e. The molecule has 0 aromatic heterocycles. The first kappa shape index (κ1) is 11.1. The SMILES string of the molecule is CSC1CCCC(NC(=S)NN)C1. The monoisotopic (exact) mass is 219 g/mol. The normalized spacial score (nSPS) is 28.2. The summed E-state index contributed by atoms with van der Waals surface area (Å²) in [5.74, 6) is 5.20. The molecular weight excluding hydrogens is 202 g/mol. The first-order valence-corrected chi connectivity index (χ1v) is 6.25. The van der Waals surface area contributed by atoms with Gasteiger partial charge in [-0.25, -0.2) is 5.84 Å². The van der Waals surface area contributed by atoms with Gasteiger partial charge in [-0.3, -0.25) is 0 Å². The number of nitrogens with two attached hydrogens (primary N) is 1. The van der Waals surface area contributed by atoms with Crippen molar-refractivity contribution in [2.45, 2.75) is 37.0 Å². The summed E-state index contributed by atoms with van der Waals surface area (Å²) in [6, 6.07) is 0.509. The van der Waals surface area contributed by atoms with Gasteiger partial charge in [0.25, 0.3) is 0 Å². The van der Waals surface area contributed by atoms with Crippen LogP contribution in [0, 0.1) is 0 Å². The highest BCUT2D eigenvalue weighted by atomic mass is 32.2. The minimum absolute atomic E-state index is 0.509. The summed E-state index contributed by atoms with van der Waals surface area (Å²) in [6.07, 6.45) is 7.20. The van der Waals surface area contributed by atoms with Crippen LogP contribution in [0.25, 0.3) is 0 Å². The molecule has 0 heterocycles. The van der Waals surface area contributed by atoms with Gasteiger partial charge in [-0.15, -0.1) is 0 Å². The zero-order valence-electron chi connectivity index (χ0n) is 7.88. The van der Waals surface area contributed by atoms with Crippen LogP contribution in [0.1, 0.15) is 25.7 Å². The van der Waals surface area contributed by atoms with Gasteiger partial charge < -0.3 is 10.7 Å². The highest BCUT2D eigenvalue weighted by Gasteiger charge is 2.21. The Morgan fingerprint density at radius 2 is 2.31 bits per heavy atom. The highest BCUT2D eigenvalue weighted by molar-refractivity contribution is 7.99. The zero-order chi connectivity index (χ0) is 9.68. The van der Waals surface area contributed by atoms with Gasteiger partial charge in [0.1, 0.15) is 0 Å². The third-order valence-electron chi connectivity index (χ3n) is 2.43. The van der Waals surface area contributed by atoms with E-state index < -0.39 is 0 Å². The second kappa shape index (κ2) is 5.67. The van der Waals surface area contributed by atoms with Gasteiger partial charge in [0.05, 0.1) is 0 Å². The standard InChI is InChI=1S/C8H17N3S2/c1-13-7-4-2-3-6(5-7)10-8(12)11-9/h6-7H,2-5,9H2,1H3,(H2,10,11,12). The van der Waals surface area contributed by atoms with Crippen LogP contribution in [0.3, 0.4) is 0 Å². The first-order chi connectivity index (χ1) is 6.26. The van der Waals surface area contributed by atoms with Crippen LogP contribution in [0.2, 0.25) is 0 Å². The van der Waals surface area contributed by atoms with Gasteiger partial charge in [0.2, 0.25) is 0 Å². The second-order valence-electron chi connectivity index (χ2n) is 3.34. The molecule has 0 amide bonds. The summed E-state index contributed by atoms with van der Waals surface area (Å²) in [5.41, 5.74) is 2.46. The molecule has 3 nitrogen and oxygen atoms in total. The van der Waals surface area contributed by atoms with Crippen molar-refractivity contribution >= 4 is 29.1 Å². The lowest BCUT2D eigenvalue weighted by Crippen LogP contribution is -2.46. The van der Waals surface area contributed by atoms with Crippen molar-refractivity contribution in [3.8, 4) is 0 Å². The van der Waals surface area contributed by atoms with E-state index in [1.54, 1.807) is 0 Å². The Labute approximate surface area is 89.2 Å². The smallest absolute Gasteiger partial charge is 0.180 e. The minimum atomic E-state index is 0.509. The predicted molar refractivity (Wildman–Crippen MR) is 62.6 cm³/mol. The molecule has 5 heteroatoms. The molecule has 4 N–H and O–H groups in total. The van der Waals surface area contributed by atoms with E-state index in [9.17, 15) is 0 Å². The molecule has 0 aromatic rings. The number of hydrogen-bond donors (Lipinski definition) is 3. The number of hydrogen-bond acceptors (Lipinski definition) is 3. The molecule has 76 valence electrons. The lowest BCUT2D eigenvalue weighted by Gasteiger charge is -2.29. The molecule has 0 bridgehead atoms. The number of thiocarbonyl (C=S) groups is 1. The highest BCUT2D eigenvalue weighted by Crippen LogP contribution is 2.26. The molecule has 1 aliphatic carbocycles. The van der Waals surface area contributed by atoms with Crippen molar-refractivity contribution in [3.05, 3.63) is 0 Å². The Balaban J connectivity index is 2.29. The van der Waals surface area contributed by atoms with E-state index in [1.165, 1.54) is 25.7 Å². The fraction of sp³-hybridized carbons (Fsp3) is 0.875. The summed E-state index contributed by atoms with van der Waals surface area (Å²) in [4.78, 5) is 0. The summed E-state index contributed by atoms with van der Waals surface area (Å²) >= 11 is 6.91. The Bertz CT molecular complexity index is 175. The van der Waals surface area contributed by atoms with Gasteiger partial charge in [-0.1, -0.05) is 6.42 Å². The van der Waals surface area contributed by atoms with Gasteiger partial charge in [0, 0.05) is 11.3 Å². The summed E-state index contributed by atoms with van der Waals surface area (Å²) < 4.78 is 0. The average molecular weight is 219 g/mol. The molecule has 0 aromatic carbocycles. The van der Waals surface area contributed by atoms with Crippen molar-refractivity contribution in [1.82, 2.24) is 10.7 Å². The van der Waals surface area contributed by atoms with Gasteiger partial charge in [0.15, 0.2) is 5.11 Å². The molecule has 0 saturated heterocycles. The van der Waals surface area contributed by atoms with Gasteiger partial charge >= 0.3 is 0 Å². The van der Waals surface area contributed by atoms with Crippen LogP contribution in [0.4, 0.5) is 0 Å². The molecule has 2 atom stereocenters. The summed E-state index contributed by atoms with van der Waals surface area (Å²) in [5, 5.41) is 4.56. The maximum absolute atomic E-state index is 5.20. The summed E-state index contributed by atoms with van der Waals surface area (Å²) in [7, 11) is 0. The van der Waals surface area contributed by atoms with E-state index >= 15 is 0 Å². The molecule has 2 unspecified atom stereocenters. The maximum Gasteiger partial charge on any atom is 0.180 e. The number of thioether (sulfide) groups is 1. The third-order valence-corrected chi connectivity index (χ3v) is 3.76. The molecule has 1 fully saturated rings.